The zero-order chi connectivity index (χ0) is 13.8. The fourth-order valence-corrected chi connectivity index (χ4v) is 2.47. The molecular formula is C13H18N2O4. The van der Waals surface area contributed by atoms with Gasteiger partial charge in [-0.2, -0.15) is 0 Å². The van der Waals surface area contributed by atoms with E-state index in [1.54, 1.807) is 7.05 Å². The molecular weight excluding hydrogens is 248 g/mol. The van der Waals surface area contributed by atoms with Crippen molar-refractivity contribution in [3.05, 3.63) is 23.7 Å². The zero-order valence-electron chi connectivity index (χ0n) is 10.9. The second-order valence-electron chi connectivity index (χ2n) is 4.75. The lowest BCUT2D eigenvalue weighted by Crippen LogP contribution is -2.41. The van der Waals surface area contributed by atoms with Gasteiger partial charge in [-0.1, -0.05) is 0 Å². The average Bonchev–Trinajstić information content (AvgIpc) is 2.86. The van der Waals surface area contributed by atoms with E-state index in [2.05, 4.69) is 10.2 Å². The van der Waals surface area contributed by atoms with Crippen molar-refractivity contribution in [3.8, 4) is 0 Å². The third-order valence-corrected chi connectivity index (χ3v) is 3.47. The van der Waals surface area contributed by atoms with E-state index >= 15 is 0 Å². The first-order valence-corrected chi connectivity index (χ1v) is 6.35. The number of nitrogens with one attached hydrogen (secondary N) is 1. The summed E-state index contributed by atoms with van der Waals surface area (Å²) in [6, 6.07) is 1.46. The molecule has 2 heterocycles. The molecule has 2 rings (SSSR count). The van der Waals surface area contributed by atoms with Crippen molar-refractivity contribution in [3.63, 3.8) is 0 Å². The minimum atomic E-state index is -0.983. The maximum absolute atomic E-state index is 11.6. The number of likely N-dealkylation sites (tertiary alicyclic amines) is 1. The van der Waals surface area contributed by atoms with Gasteiger partial charge >= 0.3 is 5.97 Å². The third-order valence-electron chi connectivity index (χ3n) is 3.47. The van der Waals surface area contributed by atoms with Crippen LogP contribution in [-0.4, -0.2) is 42.0 Å². The number of nitrogens with zero attached hydrogens (tertiary/aromatic N) is 1. The van der Waals surface area contributed by atoms with Crippen molar-refractivity contribution in [1.29, 1.82) is 0 Å². The highest BCUT2D eigenvalue weighted by molar-refractivity contribution is 5.88. The number of carboxylic acid groups (broad SMARTS) is 1. The van der Waals surface area contributed by atoms with Gasteiger partial charge in [0.1, 0.15) is 11.3 Å². The minimum Gasteiger partial charge on any atom is -0.478 e. The molecule has 1 saturated heterocycles. The average molecular weight is 266 g/mol. The normalized spacial score (nSPS) is 20.2. The number of furan rings is 1. The van der Waals surface area contributed by atoms with E-state index in [1.807, 2.05) is 0 Å². The van der Waals surface area contributed by atoms with Gasteiger partial charge in [-0.25, -0.2) is 4.79 Å². The molecule has 1 amide bonds. The van der Waals surface area contributed by atoms with Gasteiger partial charge in [0.25, 0.3) is 0 Å². The molecule has 6 heteroatoms. The van der Waals surface area contributed by atoms with Crippen LogP contribution in [0.1, 0.15) is 29.0 Å². The van der Waals surface area contributed by atoms with E-state index in [9.17, 15) is 9.59 Å². The first-order chi connectivity index (χ1) is 9.11. The van der Waals surface area contributed by atoms with Gasteiger partial charge in [-0.3, -0.25) is 9.69 Å². The monoisotopic (exact) mass is 266 g/mol. The summed E-state index contributed by atoms with van der Waals surface area (Å²) in [4.78, 5) is 24.7. The summed E-state index contributed by atoms with van der Waals surface area (Å²) in [6.45, 7) is 1.93. The SMILES string of the molecule is CNC(=O)C1CCCN(Cc2occc2C(=O)O)C1. The van der Waals surface area contributed by atoms with Crippen molar-refractivity contribution in [1.82, 2.24) is 10.2 Å². The lowest BCUT2D eigenvalue weighted by Gasteiger charge is -2.31. The molecule has 104 valence electrons. The lowest BCUT2D eigenvalue weighted by atomic mass is 9.97. The van der Waals surface area contributed by atoms with Crippen LogP contribution < -0.4 is 5.32 Å². The molecule has 0 spiro atoms. The fraction of sp³-hybridized carbons (Fsp3) is 0.538. The van der Waals surface area contributed by atoms with E-state index < -0.39 is 5.97 Å². The number of amides is 1. The van der Waals surface area contributed by atoms with E-state index in [4.69, 9.17) is 9.52 Å². The Balaban J connectivity index is 2.00. The summed E-state index contributed by atoms with van der Waals surface area (Å²) >= 11 is 0. The topological polar surface area (TPSA) is 82.8 Å². The molecule has 1 aliphatic rings. The van der Waals surface area contributed by atoms with Gasteiger partial charge in [-0.05, 0) is 25.5 Å². The Labute approximate surface area is 111 Å². The van der Waals surface area contributed by atoms with E-state index in [1.165, 1.54) is 12.3 Å². The first-order valence-electron chi connectivity index (χ1n) is 6.35. The number of hydrogen-bond donors (Lipinski definition) is 2. The summed E-state index contributed by atoms with van der Waals surface area (Å²) in [7, 11) is 1.64. The van der Waals surface area contributed by atoms with E-state index in [0.717, 1.165) is 19.4 Å². The standard InChI is InChI=1S/C13H18N2O4/c1-14-12(16)9-3-2-5-15(7-9)8-11-10(13(17)18)4-6-19-11/h4,6,9H,2-3,5,7-8H2,1H3,(H,14,16)(H,17,18). The highest BCUT2D eigenvalue weighted by Gasteiger charge is 2.26. The zero-order valence-corrected chi connectivity index (χ0v) is 10.9. The third kappa shape index (κ3) is 3.14. The quantitative estimate of drug-likeness (QED) is 0.847. The summed E-state index contributed by atoms with van der Waals surface area (Å²) < 4.78 is 5.23. The molecule has 1 atom stereocenters. The van der Waals surface area contributed by atoms with Crippen LogP contribution in [0.4, 0.5) is 0 Å². The molecule has 1 unspecified atom stereocenters. The van der Waals surface area contributed by atoms with E-state index in [-0.39, 0.29) is 17.4 Å². The molecule has 0 radical (unpaired) electrons. The number of carbonyl (C=O) groups excluding carboxylic acids is 1. The smallest absolute Gasteiger partial charge is 0.339 e. The fourth-order valence-electron chi connectivity index (χ4n) is 2.47. The van der Waals surface area contributed by atoms with Crippen molar-refractivity contribution in [2.45, 2.75) is 19.4 Å². The molecule has 1 aromatic rings. The predicted octanol–water partition coefficient (Wildman–Crippen LogP) is 0.936. The Bertz CT molecular complexity index is 469. The molecule has 2 N–H and O–H groups in total. The van der Waals surface area contributed by atoms with E-state index in [0.29, 0.717) is 18.8 Å². The van der Waals surface area contributed by atoms with Crippen LogP contribution in [-0.2, 0) is 11.3 Å². The van der Waals surface area contributed by atoms with Gasteiger partial charge in [0.2, 0.25) is 5.91 Å². The Kier molecular flexibility index (Phi) is 4.21. The molecule has 6 nitrogen and oxygen atoms in total. The second-order valence-corrected chi connectivity index (χ2v) is 4.75. The Morgan fingerprint density at radius 3 is 3.05 bits per heavy atom. The molecule has 19 heavy (non-hydrogen) atoms. The van der Waals surface area contributed by atoms with Crippen molar-refractivity contribution < 1.29 is 19.1 Å². The lowest BCUT2D eigenvalue weighted by molar-refractivity contribution is -0.126. The number of hydrogen-bond acceptors (Lipinski definition) is 4. The first kappa shape index (κ1) is 13.6. The van der Waals surface area contributed by atoms with Crippen LogP contribution in [0.2, 0.25) is 0 Å². The van der Waals surface area contributed by atoms with Crippen LogP contribution in [0, 0.1) is 5.92 Å². The maximum atomic E-state index is 11.6. The number of piperidine rings is 1. The van der Waals surface area contributed by atoms with Gasteiger partial charge in [-0.15, -0.1) is 0 Å². The molecule has 0 aliphatic carbocycles. The van der Waals surface area contributed by atoms with Gasteiger partial charge < -0.3 is 14.8 Å². The summed E-state index contributed by atoms with van der Waals surface area (Å²) in [5.41, 5.74) is 0.196. The number of aromatic carboxylic acids is 1. The Hall–Kier alpha value is -1.82. The summed E-state index contributed by atoms with van der Waals surface area (Å²) in [5, 5.41) is 11.7. The van der Waals surface area contributed by atoms with Crippen molar-refractivity contribution >= 4 is 11.9 Å². The molecule has 0 aromatic carbocycles. The van der Waals surface area contributed by atoms with Crippen molar-refractivity contribution in [2.75, 3.05) is 20.1 Å². The molecule has 1 aliphatic heterocycles. The highest BCUT2D eigenvalue weighted by atomic mass is 16.4. The largest absolute Gasteiger partial charge is 0.478 e. The number of rotatable bonds is 4. The van der Waals surface area contributed by atoms with Crippen LogP contribution in [0.5, 0.6) is 0 Å². The summed E-state index contributed by atoms with van der Waals surface area (Å²) in [5.74, 6) is -0.515. The minimum absolute atomic E-state index is 0.0259. The van der Waals surface area contributed by atoms with Gasteiger partial charge in [0.15, 0.2) is 0 Å². The van der Waals surface area contributed by atoms with Crippen molar-refractivity contribution in [2.24, 2.45) is 5.92 Å². The molecule has 1 fully saturated rings. The molecule has 1 aromatic heterocycles. The number of carboxylic acids is 1. The van der Waals surface area contributed by atoms with Crippen LogP contribution in [0.3, 0.4) is 0 Å². The highest BCUT2D eigenvalue weighted by Crippen LogP contribution is 2.20. The second kappa shape index (κ2) is 5.88. The summed E-state index contributed by atoms with van der Waals surface area (Å²) in [6.07, 6.45) is 3.19. The van der Waals surface area contributed by atoms with Gasteiger partial charge in [0, 0.05) is 13.6 Å². The number of carbonyl (C=O) groups is 2. The molecule has 0 saturated carbocycles. The molecule has 0 bridgehead atoms. The van der Waals surface area contributed by atoms with Crippen LogP contribution in [0.15, 0.2) is 16.7 Å². The Morgan fingerprint density at radius 1 is 1.58 bits per heavy atom. The van der Waals surface area contributed by atoms with Crippen LogP contribution >= 0.6 is 0 Å². The predicted molar refractivity (Wildman–Crippen MR) is 67.7 cm³/mol. The van der Waals surface area contributed by atoms with Crippen LogP contribution in [0.25, 0.3) is 0 Å². The Morgan fingerprint density at radius 2 is 2.37 bits per heavy atom. The maximum Gasteiger partial charge on any atom is 0.339 e. The van der Waals surface area contributed by atoms with Gasteiger partial charge in [0.05, 0.1) is 18.7 Å².